The lowest BCUT2D eigenvalue weighted by molar-refractivity contribution is -0.142. The second kappa shape index (κ2) is 6.00. The van der Waals surface area contributed by atoms with Gasteiger partial charge in [0.05, 0.1) is 24.3 Å². The minimum atomic E-state index is -2.96. The molecule has 1 aromatic heterocycles. The number of nitrogens with zero attached hydrogens (tertiary/aromatic N) is 1. The Morgan fingerprint density at radius 2 is 2.24 bits per heavy atom. The van der Waals surface area contributed by atoms with Gasteiger partial charge in [-0.2, -0.15) is 4.39 Å². The van der Waals surface area contributed by atoms with E-state index in [0.717, 1.165) is 0 Å². The molecule has 0 saturated heterocycles. The highest BCUT2D eigenvalue weighted by molar-refractivity contribution is 9.10. The third-order valence-electron chi connectivity index (χ3n) is 1.86. The van der Waals surface area contributed by atoms with Crippen LogP contribution in [-0.4, -0.2) is 17.6 Å². The summed E-state index contributed by atoms with van der Waals surface area (Å²) in [4.78, 5) is 14.4. The van der Waals surface area contributed by atoms with Crippen LogP contribution in [0.1, 0.15) is 24.6 Å². The second-order valence-corrected chi connectivity index (χ2v) is 3.94. The van der Waals surface area contributed by atoms with Gasteiger partial charge in [0.1, 0.15) is 0 Å². The van der Waals surface area contributed by atoms with Gasteiger partial charge >= 0.3 is 5.97 Å². The summed E-state index contributed by atoms with van der Waals surface area (Å²) in [6.07, 6.45) is -3.22. The Balaban J connectivity index is 2.94. The zero-order valence-electron chi connectivity index (χ0n) is 8.84. The maximum atomic E-state index is 13.2. The normalized spacial score (nSPS) is 10.7. The van der Waals surface area contributed by atoms with Gasteiger partial charge in [0.2, 0.25) is 5.95 Å². The third kappa shape index (κ3) is 3.69. The average molecular weight is 312 g/mol. The van der Waals surface area contributed by atoms with Crippen molar-refractivity contribution in [3.05, 3.63) is 27.7 Å². The fourth-order valence-electron chi connectivity index (χ4n) is 1.19. The van der Waals surface area contributed by atoms with E-state index in [1.807, 2.05) is 0 Å². The van der Waals surface area contributed by atoms with Gasteiger partial charge in [0.15, 0.2) is 0 Å². The zero-order valence-corrected chi connectivity index (χ0v) is 10.4. The second-order valence-electron chi connectivity index (χ2n) is 3.08. The summed E-state index contributed by atoms with van der Waals surface area (Å²) in [5.41, 5.74) is -0.769. The molecule has 1 aromatic rings. The summed E-state index contributed by atoms with van der Waals surface area (Å²) in [5.74, 6) is -1.87. The van der Waals surface area contributed by atoms with Gasteiger partial charge in [-0.1, -0.05) is 15.9 Å². The predicted octanol–water partition coefficient (Wildman–Crippen LogP) is 3.03. The van der Waals surface area contributed by atoms with Crippen LogP contribution in [0.15, 0.2) is 10.5 Å². The van der Waals surface area contributed by atoms with Crippen molar-refractivity contribution in [3.8, 4) is 0 Å². The van der Waals surface area contributed by atoms with Crippen molar-refractivity contribution in [1.29, 1.82) is 0 Å². The smallest absolute Gasteiger partial charge is 0.311 e. The number of ether oxygens (including phenoxy) is 1. The number of rotatable bonds is 4. The quantitative estimate of drug-likeness (QED) is 0.634. The Bertz CT molecular complexity index is 403. The van der Waals surface area contributed by atoms with Crippen LogP contribution in [-0.2, 0) is 16.0 Å². The lowest BCUT2D eigenvalue weighted by atomic mass is 10.2. The van der Waals surface area contributed by atoms with Crippen molar-refractivity contribution in [3.63, 3.8) is 0 Å². The minimum Gasteiger partial charge on any atom is -0.466 e. The first kappa shape index (κ1) is 14.0. The summed E-state index contributed by atoms with van der Waals surface area (Å²) < 4.78 is 42.6. The number of esters is 1. The molecular formula is C10H9BrF3NO2. The average Bonchev–Trinajstić information content (AvgIpc) is 2.15. The van der Waals surface area contributed by atoms with E-state index in [-0.39, 0.29) is 23.2 Å². The van der Waals surface area contributed by atoms with E-state index >= 15 is 0 Å². The van der Waals surface area contributed by atoms with Gasteiger partial charge in [-0.05, 0) is 13.0 Å². The van der Waals surface area contributed by atoms with Crippen molar-refractivity contribution in [2.75, 3.05) is 6.61 Å². The molecule has 0 aliphatic rings. The number of carbonyl (C=O) groups is 1. The van der Waals surface area contributed by atoms with E-state index in [1.54, 1.807) is 6.92 Å². The Morgan fingerprint density at radius 1 is 1.59 bits per heavy atom. The van der Waals surface area contributed by atoms with Gasteiger partial charge in [-0.3, -0.25) is 4.79 Å². The summed E-state index contributed by atoms with van der Waals surface area (Å²) in [7, 11) is 0. The SMILES string of the molecule is CCOC(=O)Cc1cc(Br)c(C(F)F)c(F)n1. The van der Waals surface area contributed by atoms with E-state index < -0.39 is 23.9 Å². The predicted molar refractivity (Wildman–Crippen MR) is 57.2 cm³/mol. The molecule has 0 atom stereocenters. The molecule has 17 heavy (non-hydrogen) atoms. The molecule has 0 radical (unpaired) electrons. The largest absolute Gasteiger partial charge is 0.466 e. The molecule has 3 nitrogen and oxygen atoms in total. The van der Waals surface area contributed by atoms with E-state index in [4.69, 9.17) is 0 Å². The summed E-state index contributed by atoms with van der Waals surface area (Å²) in [6, 6.07) is 1.18. The standard InChI is InChI=1S/C10H9BrF3NO2/c1-2-17-7(16)4-5-3-6(11)8(9(12)13)10(14)15-5/h3,9H,2,4H2,1H3. The van der Waals surface area contributed by atoms with E-state index in [9.17, 15) is 18.0 Å². The van der Waals surface area contributed by atoms with Crippen LogP contribution >= 0.6 is 15.9 Å². The van der Waals surface area contributed by atoms with Crippen molar-refractivity contribution in [1.82, 2.24) is 4.98 Å². The molecule has 0 unspecified atom stereocenters. The van der Waals surface area contributed by atoms with Crippen molar-refractivity contribution in [2.24, 2.45) is 0 Å². The molecule has 0 spiro atoms. The van der Waals surface area contributed by atoms with Crippen LogP contribution in [0.5, 0.6) is 0 Å². The maximum absolute atomic E-state index is 13.2. The third-order valence-corrected chi connectivity index (χ3v) is 2.52. The lowest BCUT2D eigenvalue weighted by Gasteiger charge is -2.07. The molecule has 1 rings (SSSR count). The lowest BCUT2D eigenvalue weighted by Crippen LogP contribution is -2.10. The fraction of sp³-hybridized carbons (Fsp3) is 0.400. The van der Waals surface area contributed by atoms with Gasteiger partial charge in [-0.25, -0.2) is 13.8 Å². The molecule has 0 aliphatic heterocycles. The highest BCUT2D eigenvalue weighted by atomic mass is 79.9. The Hall–Kier alpha value is -1.11. The highest BCUT2D eigenvalue weighted by Gasteiger charge is 2.20. The number of carbonyl (C=O) groups excluding carboxylic acids is 1. The van der Waals surface area contributed by atoms with E-state index in [1.165, 1.54) is 6.07 Å². The first-order valence-corrected chi connectivity index (χ1v) is 5.53. The number of hydrogen-bond donors (Lipinski definition) is 0. The summed E-state index contributed by atoms with van der Waals surface area (Å²) >= 11 is 2.82. The number of halogens is 4. The molecule has 0 N–H and O–H groups in total. The Labute approximate surface area is 104 Å². The van der Waals surface area contributed by atoms with Crippen LogP contribution in [0.25, 0.3) is 0 Å². The number of pyridine rings is 1. The molecule has 0 amide bonds. The molecule has 0 bridgehead atoms. The van der Waals surface area contributed by atoms with Gasteiger partial charge < -0.3 is 4.74 Å². The molecule has 0 aliphatic carbocycles. The highest BCUT2D eigenvalue weighted by Crippen LogP contribution is 2.29. The van der Waals surface area contributed by atoms with E-state index in [2.05, 4.69) is 25.7 Å². The topological polar surface area (TPSA) is 39.2 Å². The summed E-state index contributed by atoms with van der Waals surface area (Å²) in [6.45, 7) is 1.82. The fourth-order valence-corrected chi connectivity index (χ4v) is 1.79. The van der Waals surface area contributed by atoms with Crippen molar-refractivity contribution < 1.29 is 22.7 Å². The van der Waals surface area contributed by atoms with Crippen molar-refractivity contribution in [2.45, 2.75) is 19.8 Å². The van der Waals surface area contributed by atoms with Crippen LogP contribution in [0.4, 0.5) is 13.2 Å². The monoisotopic (exact) mass is 311 g/mol. The number of hydrogen-bond acceptors (Lipinski definition) is 3. The maximum Gasteiger partial charge on any atom is 0.311 e. The van der Waals surface area contributed by atoms with Crippen LogP contribution in [0, 0.1) is 5.95 Å². The Morgan fingerprint density at radius 3 is 2.71 bits per heavy atom. The molecule has 0 saturated carbocycles. The zero-order chi connectivity index (χ0) is 13.0. The molecule has 94 valence electrons. The molecule has 0 aromatic carbocycles. The molecule has 7 heteroatoms. The molecule has 0 fully saturated rings. The van der Waals surface area contributed by atoms with Crippen LogP contribution in [0.2, 0.25) is 0 Å². The number of alkyl halides is 2. The Kier molecular flexibility index (Phi) is 4.92. The van der Waals surface area contributed by atoms with Gasteiger partial charge in [0, 0.05) is 4.47 Å². The first-order chi connectivity index (χ1) is 7.95. The molecular weight excluding hydrogens is 303 g/mol. The molecule has 1 heterocycles. The van der Waals surface area contributed by atoms with Crippen LogP contribution in [0.3, 0.4) is 0 Å². The van der Waals surface area contributed by atoms with Gasteiger partial charge in [0.25, 0.3) is 6.43 Å². The van der Waals surface area contributed by atoms with Crippen LogP contribution < -0.4 is 0 Å². The van der Waals surface area contributed by atoms with Crippen molar-refractivity contribution >= 4 is 21.9 Å². The summed E-state index contributed by atoms with van der Waals surface area (Å²) in [5, 5.41) is 0. The van der Waals surface area contributed by atoms with E-state index in [0.29, 0.717) is 0 Å². The van der Waals surface area contributed by atoms with Gasteiger partial charge in [-0.15, -0.1) is 0 Å². The first-order valence-electron chi connectivity index (χ1n) is 4.74. The number of aromatic nitrogens is 1. The minimum absolute atomic E-state index is 0.0391.